The third-order valence-corrected chi connectivity index (χ3v) is 4.48. The highest BCUT2D eigenvalue weighted by Gasteiger charge is 2.47. The van der Waals surface area contributed by atoms with Gasteiger partial charge in [-0.3, -0.25) is 0 Å². The van der Waals surface area contributed by atoms with Crippen LogP contribution >= 0.6 is 0 Å². The predicted octanol–water partition coefficient (Wildman–Crippen LogP) is 4.39. The van der Waals surface area contributed by atoms with Crippen LogP contribution in [-0.4, -0.2) is 31.8 Å². The van der Waals surface area contributed by atoms with Crippen LogP contribution in [0, 0.1) is 6.92 Å². The second-order valence-electron chi connectivity index (χ2n) is 6.88. The van der Waals surface area contributed by atoms with E-state index < -0.39 is 23.8 Å². The molecule has 1 saturated carbocycles. The van der Waals surface area contributed by atoms with E-state index in [-0.39, 0.29) is 18.5 Å². The number of ether oxygens (including phenoxy) is 1. The molecule has 5 nitrogen and oxygen atoms in total. The van der Waals surface area contributed by atoms with Crippen LogP contribution in [0.5, 0.6) is 5.75 Å². The Kier molecular flexibility index (Phi) is 3.87. The molecule has 4 rings (SSSR count). The maximum atomic E-state index is 13.7. The van der Waals surface area contributed by atoms with Gasteiger partial charge in [-0.15, -0.1) is 10.2 Å². The summed E-state index contributed by atoms with van der Waals surface area (Å²) in [5, 5.41) is 11.5. The van der Waals surface area contributed by atoms with E-state index >= 15 is 0 Å². The van der Waals surface area contributed by atoms with Gasteiger partial charge in [0.05, 0.1) is 5.69 Å². The van der Waals surface area contributed by atoms with Crippen LogP contribution in [0.15, 0.2) is 30.3 Å². The van der Waals surface area contributed by atoms with Gasteiger partial charge in [-0.1, -0.05) is 0 Å². The number of fused-ring (bicyclic) bond motifs is 1. The van der Waals surface area contributed by atoms with Gasteiger partial charge in [0.2, 0.25) is 5.82 Å². The van der Waals surface area contributed by atoms with Crippen LogP contribution < -0.4 is 4.74 Å². The van der Waals surface area contributed by atoms with Gasteiger partial charge >= 0.3 is 5.92 Å². The van der Waals surface area contributed by atoms with Crippen LogP contribution in [-0.2, 0) is 5.92 Å². The van der Waals surface area contributed by atoms with Gasteiger partial charge in [0.1, 0.15) is 11.9 Å². The molecule has 0 aliphatic heterocycles. The van der Waals surface area contributed by atoms with Crippen LogP contribution in [0.1, 0.15) is 31.2 Å². The fourth-order valence-electron chi connectivity index (χ4n) is 3.09. The average Bonchev–Trinajstić information content (AvgIpc) is 2.96. The van der Waals surface area contributed by atoms with Crippen LogP contribution in [0.2, 0.25) is 0 Å². The first-order valence-corrected chi connectivity index (χ1v) is 8.39. The lowest BCUT2D eigenvalue weighted by atomic mass is 9.91. The molecule has 0 spiro atoms. The van der Waals surface area contributed by atoms with Gasteiger partial charge in [0.25, 0.3) is 5.92 Å². The monoisotopic (exact) mass is 380 g/mol. The topological polar surface area (TPSA) is 52.3 Å². The predicted molar refractivity (Wildman–Crippen MR) is 89.1 cm³/mol. The molecule has 1 aliphatic carbocycles. The number of nitrogens with zero attached hydrogens (tertiary/aromatic N) is 4. The Bertz CT molecular complexity index is 1000. The van der Waals surface area contributed by atoms with Crippen LogP contribution in [0.4, 0.5) is 17.6 Å². The van der Waals surface area contributed by atoms with Crippen molar-refractivity contribution in [1.82, 2.24) is 19.8 Å². The summed E-state index contributed by atoms with van der Waals surface area (Å²) in [6.07, 6.45) is -1.06. The third-order valence-electron chi connectivity index (χ3n) is 4.48. The second-order valence-corrected chi connectivity index (χ2v) is 6.88. The molecule has 0 unspecified atom stereocenters. The van der Waals surface area contributed by atoms with E-state index in [9.17, 15) is 17.6 Å². The summed E-state index contributed by atoms with van der Waals surface area (Å²) in [5.41, 5.74) is 2.18. The summed E-state index contributed by atoms with van der Waals surface area (Å²) in [4.78, 5) is 0. The maximum Gasteiger partial charge on any atom is 0.305 e. The van der Waals surface area contributed by atoms with Crippen molar-refractivity contribution in [2.75, 3.05) is 0 Å². The van der Waals surface area contributed by atoms with E-state index in [1.54, 1.807) is 30.3 Å². The smallest absolute Gasteiger partial charge is 0.305 e. The lowest BCUT2D eigenvalue weighted by Crippen LogP contribution is -2.43. The summed E-state index contributed by atoms with van der Waals surface area (Å²) in [7, 11) is 0. The van der Waals surface area contributed by atoms with Crippen molar-refractivity contribution in [3.05, 3.63) is 41.7 Å². The molecule has 0 N–H and O–H groups in total. The molecule has 0 amide bonds. The van der Waals surface area contributed by atoms with Gasteiger partial charge in [0, 0.05) is 25.3 Å². The van der Waals surface area contributed by atoms with Crippen molar-refractivity contribution in [3.8, 4) is 17.0 Å². The summed E-state index contributed by atoms with van der Waals surface area (Å²) in [6.45, 7) is 2.55. The number of halogens is 4. The standard InChI is InChI=1S/C18H16F4N4O/c1-10-7-11(27-12-8-18(21,22)9-12)3-4-13(10)14-5-6-15-23-24-16(17(2,19)20)26(15)25-14/h3-7,12H,8-9H2,1-2H3. The molecule has 0 radical (unpaired) electrons. The minimum atomic E-state index is -3.18. The number of aryl methyl sites for hydroxylation is 1. The molecule has 0 atom stereocenters. The molecule has 1 fully saturated rings. The zero-order chi connectivity index (χ0) is 19.4. The number of aromatic nitrogens is 4. The van der Waals surface area contributed by atoms with Crippen molar-refractivity contribution in [3.63, 3.8) is 0 Å². The molecule has 1 aliphatic rings. The van der Waals surface area contributed by atoms with Crippen LogP contribution in [0.3, 0.4) is 0 Å². The highest BCUT2D eigenvalue weighted by atomic mass is 19.3. The van der Waals surface area contributed by atoms with Crippen molar-refractivity contribution in [1.29, 1.82) is 0 Å². The average molecular weight is 380 g/mol. The van der Waals surface area contributed by atoms with E-state index in [0.717, 1.165) is 17.0 Å². The van der Waals surface area contributed by atoms with Crippen molar-refractivity contribution in [2.24, 2.45) is 0 Å². The van der Waals surface area contributed by atoms with E-state index in [1.807, 2.05) is 6.92 Å². The molecule has 142 valence electrons. The molecule has 3 aromatic rings. The van der Waals surface area contributed by atoms with E-state index in [0.29, 0.717) is 17.0 Å². The van der Waals surface area contributed by atoms with E-state index in [1.165, 1.54) is 0 Å². The fraction of sp³-hybridized carbons (Fsp3) is 0.389. The summed E-state index contributed by atoms with van der Waals surface area (Å²) >= 11 is 0. The molecular formula is C18H16F4N4O. The minimum absolute atomic E-state index is 0.221. The lowest BCUT2D eigenvalue weighted by molar-refractivity contribution is -0.134. The van der Waals surface area contributed by atoms with E-state index in [4.69, 9.17) is 4.74 Å². The first kappa shape index (κ1) is 17.7. The zero-order valence-electron chi connectivity index (χ0n) is 14.6. The molecule has 0 bridgehead atoms. The Balaban J connectivity index is 1.63. The highest BCUT2D eigenvalue weighted by molar-refractivity contribution is 5.65. The largest absolute Gasteiger partial charge is 0.490 e. The van der Waals surface area contributed by atoms with Gasteiger partial charge in [0.15, 0.2) is 5.65 Å². The SMILES string of the molecule is Cc1cc(OC2CC(F)(F)C2)ccc1-c1ccc2nnc(C(C)(F)F)n2n1. The van der Waals surface area contributed by atoms with Crippen molar-refractivity contribution >= 4 is 5.65 Å². The fourth-order valence-corrected chi connectivity index (χ4v) is 3.09. The van der Waals surface area contributed by atoms with Crippen molar-refractivity contribution in [2.45, 2.75) is 44.6 Å². The molecule has 0 saturated heterocycles. The first-order valence-electron chi connectivity index (χ1n) is 8.39. The molecule has 2 aromatic heterocycles. The Hall–Kier alpha value is -2.71. The zero-order valence-corrected chi connectivity index (χ0v) is 14.6. The normalized spacial score (nSPS) is 17.1. The van der Waals surface area contributed by atoms with Gasteiger partial charge in [-0.05, 0) is 42.8 Å². The second kappa shape index (κ2) is 5.90. The molecule has 27 heavy (non-hydrogen) atoms. The number of rotatable bonds is 4. The molecular weight excluding hydrogens is 364 g/mol. The molecule has 1 aromatic carbocycles. The van der Waals surface area contributed by atoms with Crippen molar-refractivity contribution < 1.29 is 22.3 Å². The number of hydrogen-bond acceptors (Lipinski definition) is 4. The Morgan fingerprint density at radius 1 is 1.15 bits per heavy atom. The summed E-state index contributed by atoms with van der Waals surface area (Å²) in [6, 6.07) is 8.33. The highest BCUT2D eigenvalue weighted by Crippen LogP contribution is 2.40. The summed E-state index contributed by atoms with van der Waals surface area (Å²) < 4.78 is 59.7. The number of benzene rings is 1. The van der Waals surface area contributed by atoms with Gasteiger partial charge in [-0.25, -0.2) is 8.78 Å². The first-order chi connectivity index (χ1) is 12.6. The minimum Gasteiger partial charge on any atom is -0.490 e. The Labute approximate surface area is 152 Å². The van der Waals surface area contributed by atoms with Gasteiger partial charge in [-0.2, -0.15) is 18.4 Å². The third kappa shape index (κ3) is 3.33. The lowest BCUT2D eigenvalue weighted by Gasteiger charge is -2.34. The number of alkyl halides is 4. The Morgan fingerprint density at radius 3 is 2.52 bits per heavy atom. The van der Waals surface area contributed by atoms with Crippen LogP contribution in [0.25, 0.3) is 16.9 Å². The Morgan fingerprint density at radius 2 is 1.89 bits per heavy atom. The molecule has 9 heteroatoms. The summed E-state index contributed by atoms with van der Waals surface area (Å²) in [5.74, 6) is -5.87. The number of hydrogen-bond donors (Lipinski definition) is 0. The quantitative estimate of drug-likeness (QED) is 0.630. The van der Waals surface area contributed by atoms with E-state index in [2.05, 4.69) is 15.3 Å². The maximum absolute atomic E-state index is 13.7. The van der Waals surface area contributed by atoms with Gasteiger partial charge < -0.3 is 4.74 Å². The molecule has 2 heterocycles.